The minimum Gasteiger partial charge on any atom is -0.377 e. The van der Waals surface area contributed by atoms with E-state index in [1.54, 1.807) is 0 Å². The molecule has 0 aromatic carbocycles. The largest absolute Gasteiger partial charge is 0.377 e. The lowest BCUT2D eigenvalue weighted by Gasteiger charge is -2.37. The zero-order chi connectivity index (χ0) is 38.8. The maximum Gasteiger partial charge on any atom is 0.223 e. The van der Waals surface area contributed by atoms with Crippen molar-refractivity contribution in [2.24, 2.45) is 11.8 Å². The zero-order valence-electron chi connectivity index (χ0n) is 31.6. The molecule has 4 amide bonds. The van der Waals surface area contributed by atoms with E-state index in [4.69, 9.17) is 47.7 Å². The van der Waals surface area contributed by atoms with E-state index >= 15 is 0 Å². The molecule has 1 saturated carbocycles. The molecule has 0 aliphatic heterocycles. The summed E-state index contributed by atoms with van der Waals surface area (Å²) in [5.41, 5.74) is -0.993. The molecule has 1 aliphatic carbocycles. The molecule has 1 aliphatic rings. The molecule has 0 spiro atoms. The summed E-state index contributed by atoms with van der Waals surface area (Å²) < 4.78 is 31.9. The van der Waals surface area contributed by atoms with Crippen LogP contribution in [0.5, 0.6) is 0 Å². The summed E-state index contributed by atoms with van der Waals surface area (Å²) in [6.07, 6.45) is 19.8. The van der Waals surface area contributed by atoms with E-state index in [9.17, 15) is 19.2 Å². The van der Waals surface area contributed by atoms with Crippen LogP contribution in [0.25, 0.3) is 0 Å². The molecule has 0 atom stereocenters. The van der Waals surface area contributed by atoms with E-state index in [0.717, 1.165) is 25.7 Å². The van der Waals surface area contributed by atoms with Gasteiger partial charge in [-0.3, -0.25) is 19.2 Å². The number of hydrogen-bond donors (Lipinski definition) is 4. The maximum atomic E-state index is 13.7. The zero-order valence-corrected chi connectivity index (χ0v) is 31.6. The first-order valence-corrected chi connectivity index (χ1v) is 18.6. The average Bonchev–Trinajstić information content (AvgIpc) is 3.15. The normalized spacial score (nSPS) is 15.4. The van der Waals surface area contributed by atoms with E-state index in [1.165, 1.54) is 0 Å². The standard InChI is InChI=1S/C39H62N4O10/c1-5-21-48-27-30-51-24-18-40-35(44)12-15-39(43-38(47)34-10-8-33(4)9-11-34,16-13-36(45)41-19-25-52-31-28-49-22-6-2)17-14-37(46)42-20-26-53-32-29-50-23-7-3/h1-3,33-34H,8-32H2,4H3,(H,40,44)(H,41,45)(H,42,46)(H,43,47). The van der Waals surface area contributed by atoms with Crippen molar-refractivity contribution in [1.29, 1.82) is 0 Å². The second-order valence-electron chi connectivity index (χ2n) is 12.9. The fraction of sp³-hybridized carbons (Fsp3) is 0.744. The van der Waals surface area contributed by atoms with Crippen molar-refractivity contribution >= 4 is 23.6 Å². The van der Waals surface area contributed by atoms with Crippen LogP contribution in [0.15, 0.2) is 0 Å². The van der Waals surface area contributed by atoms with Gasteiger partial charge >= 0.3 is 0 Å². The van der Waals surface area contributed by atoms with Crippen molar-refractivity contribution in [2.75, 3.05) is 98.9 Å². The number of terminal acetylenes is 3. The second kappa shape index (κ2) is 31.8. The highest BCUT2D eigenvalue weighted by Crippen LogP contribution is 2.31. The van der Waals surface area contributed by atoms with Crippen molar-refractivity contribution in [3.05, 3.63) is 0 Å². The molecular weight excluding hydrogens is 684 g/mol. The van der Waals surface area contributed by atoms with Crippen LogP contribution in [0.2, 0.25) is 0 Å². The molecule has 1 fully saturated rings. The molecule has 0 saturated heterocycles. The number of hydrogen-bond acceptors (Lipinski definition) is 10. The highest BCUT2D eigenvalue weighted by Gasteiger charge is 2.36. The molecule has 1 rings (SSSR count). The van der Waals surface area contributed by atoms with Gasteiger partial charge in [-0.2, -0.15) is 0 Å². The van der Waals surface area contributed by atoms with E-state index in [2.05, 4.69) is 46.0 Å². The number of carbonyl (C=O) groups is 4. The molecule has 53 heavy (non-hydrogen) atoms. The fourth-order valence-electron chi connectivity index (χ4n) is 5.61. The van der Waals surface area contributed by atoms with Gasteiger partial charge in [0.1, 0.15) is 19.8 Å². The van der Waals surface area contributed by atoms with Crippen molar-refractivity contribution < 1.29 is 47.6 Å². The van der Waals surface area contributed by atoms with Crippen molar-refractivity contribution in [1.82, 2.24) is 21.3 Å². The first kappa shape index (κ1) is 47.3. The average molecular weight is 747 g/mol. The van der Waals surface area contributed by atoms with Gasteiger partial charge in [0.15, 0.2) is 0 Å². The molecule has 0 unspecified atom stereocenters. The Labute approximate surface area is 316 Å². The summed E-state index contributed by atoms with van der Waals surface area (Å²) >= 11 is 0. The summed E-state index contributed by atoms with van der Waals surface area (Å²) in [7, 11) is 0. The van der Waals surface area contributed by atoms with E-state index in [-0.39, 0.29) is 127 Å². The Bertz CT molecular complexity index is 1040. The van der Waals surface area contributed by atoms with Gasteiger partial charge in [0, 0.05) is 50.4 Å². The molecule has 0 aromatic heterocycles. The predicted octanol–water partition coefficient (Wildman–Crippen LogP) is 1.36. The smallest absolute Gasteiger partial charge is 0.223 e. The number of rotatable bonds is 32. The number of amides is 4. The lowest BCUT2D eigenvalue weighted by molar-refractivity contribution is -0.131. The van der Waals surface area contributed by atoms with Crippen LogP contribution in [0.3, 0.4) is 0 Å². The van der Waals surface area contributed by atoms with Gasteiger partial charge < -0.3 is 49.7 Å². The summed E-state index contributed by atoms with van der Waals surface area (Å²) in [5.74, 6) is 6.71. The molecular formula is C39H62N4O10. The van der Waals surface area contributed by atoms with Gasteiger partial charge in [0.05, 0.1) is 59.5 Å². The van der Waals surface area contributed by atoms with Crippen LogP contribution in [0.4, 0.5) is 0 Å². The Hall–Kier alpha value is -3.68. The van der Waals surface area contributed by atoms with Crippen LogP contribution in [0.1, 0.15) is 71.1 Å². The van der Waals surface area contributed by atoms with Crippen LogP contribution in [-0.2, 0) is 47.6 Å². The van der Waals surface area contributed by atoms with Crippen LogP contribution in [-0.4, -0.2) is 128 Å². The molecule has 0 bridgehead atoms. The fourth-order valence-corrected chi connectivity index (χ4v) is 5.61. The molecule has 4 N–H and O–H groups in total. The van der Waals surface area contributed by atoms with Crippen LogP contribution >= 0.6 is 0 Å². The summed E-state index contributed by atoms with van der Waals surface area (Å²) in [5, 5.41) is 11.8. The van der Waals surface area contributed by atoms with Gasteiger partial charge in [-0.15, -0.1) is 19.3 Å². The van der Waals surface area contributed by atoms with Gasteiger partial charge in [-0.1, -0.05) is 24.7 Å². The number of carbonyl (C=O) groups excluding carboxylic acids is 4. The SMILES string of the molecule is C#CCOCCOCCNC(=O)CCC(CCC(=O)NCCOCCOCC#C)(CCC(=O)NCCOCCOCC#C)NC(=O)C1CCC(C)CC1. The molecule has 14 nitrogen and oxygen atoms in total. The third-order valence-corrected chi connectivity index (χ3v) is 8.64. The summed E-state index contributed by atoms with van der Waals surface area (Å²) in [6, 6.07) is 0. The Balaban J connectivity index is 2.90. The monoisotopic (exact) mass is 746 g/mol. The third kappa shape index (κ3) is 25.9. The van der Waals surface area contributed by atoms with Crippen LogP contribution < -0.4 is 21.3 Å². The lowest BCUT2D eigenvalue weighted by Crippen LogP contribution is -2.52. The predicted molar refractivity (Wildman–Crippen MR) is 200 cm³/mol. The molecule has 0 heterocycles. The van der Waals surface area contributed by atoms with Crippen molar-refractivity contribution in [3.8, 4) is 37.0 Å². The second-order valence-corrected chi connectivity index (χ2v) is 12.9. The lowest BCUT2D eigenvalue weighted by atomic mass is 9.79. The Morgan fingerprint density at radius 2 is 0.887 bits per heavy atom. The third-order valence-electron chi connectivity index (χ3n) is 8.64. The van der Waals surface area contributed by atoms with Crippen molar-refractivity contribution in [3.63, 3.8) is 0 Å². The molecule has 0 aromatic rings. The first-order chi connectivity index (χ1) is 25.7. The van der Waals surface area contributed by atoms with Crippen LogP contribution in [0, 0.1) is 48.9 Å². The highest BCUT2D eigenvalue weighted by atomic mass is 16.5. The minimum atomic E-state index is -0.993. The maximum absolute atomic E-state index is 13.7. The van der Waals surface area contributed by atoms with Crippen molar-refractivity contribution in [2.45, 2.75) is 76.7 Å². The number of nitrogens with one attached hydrogen (secondary N) is 4. The quantitative estimate of drug-likeness (QED) is 0.0582. The highest BCUT2D eigenvalue weighted by molar-refractivity contribution is 5.81. The molecule has 0 radical (unpaired) electrons. The van der Waals surface area contributed by atoms with Gasteiger partial charge in [-0.05, 0) is 50.9 Å². The van der Waals surface area contributed by atoms with E-state index in [0.29, 0.717) is 45.6 Å². The Morgan fingerprint density at radius 1 is 0.547 bits per heavy atom. The van der Waals surface area contributed by atoms with Gasteiger partial charge in [-0.25, -0.2) is 0 Å². The Kier molecular flexibility index (Phi) is 28.4. The molecule has 14 heteroatoms. The summed E-state index contributed by atoms with van der Waals surface area (Å²) in [4.78, 5) is 52.7. The summed E-state index contributed by atoms with van der Waals surface area (Å²) in [6.45, 7) is 6.62. The van der Waals surface area contributed by atoms with Gasteiger partial charge in [0.2, 0.25) is 23.6 Å². The van der Waals surface area contributed by atoms with Gasteiger partial charge in [0.25, 0.3) is 0 Å². The van der Waals surface area contributed by atoms with E-state index in [1.807, 2.05) is 0 Å². The molecule has 298 valence electrons. The first-order valence-electron chi connectivity index (χ1n) is 18.6. The Morgan fingerprint density at radius 3 is 1.23 bits per heavy atom. The number of ether oxygens (including phenoxy) is 6. The topological polar surface area (TPSA) is 172 Å². The minimum absolute atomic E-state index is 0.0711. The van der Waals surface area contributed by atoms with E-state index < -0.39 is 5.54 Å².